The molecule has 0 saturated heterocycles. The van der Waals surface area contributed by atoms with Gasteiger partial charge in [-0.15, -0.1) is 0 Å². The molecule has 2 aromatic rings. The van der Waals surface area contributed by atoms with Crippen LogP contribution in [0.25, 0.3) is 11.4 Å². The highest BCUT2D eigenvalue weighted by Gasteiger charge is 2.04. The Morgan fingerprint density at radius 1 is 1.33 bits per heavy atom. The molecule has 0 aliphatic rings. The number of nitrogens with zero attached hydrogens (tertiary/aromatic N) is 3. The fraction of sp³-hybridized carbons (Fsp3) is 0.100. The molecule has 5 heteroatoms. The van der Waals surface area contributed by atoms with E-state index in [0.29, 0.717) is 5.82 Å². The summed E-state index contributed by atoms with van der Waals surface area (Å²) in [6, 6.07) is 9.55. The molecule has 0 unspecified atom stereocenters. The van der Waals surface area contributed by atoms with Gasteiger partial charge in [0.25, 0.3) is 0 Å². The first-order chi connectivity index (χ1) is 7.25. The molecule has 0 fully saturated rings. The molecule has 0 radical (unpaired) electrons. The number of benzene rings is 1. The lowest BCUT2D eigenvalue weighted by Crippen LogP contribution is -2.18. The van der Waals surface area contributed by atoms with Crippen LogP contribution in [0.2, 0.25) is 0 Å². The molecule has 0 aliphatic carbocycles. The molecule has 0 bridgehead atoms. The molecule has 2 N–H and O–H groups in total. The normalized spacial score (nSPS) is 10.1. The Balaban J connectivity index is 2.24. The standard InChI is InChI=1S/C10H10N4O/c11-9(15)6-14-7-12-10(13-14)8-4-2-1-3-5-8/h1-5,7H,6H2,(H2,11,15). The molecule has 2 rings (SSSR count). The lowest BCUT2D eigenvalue weighted by atomic mass is 10.2. The maximum absolute atomic E-state index is 10.6. The number of hydrogen-bond donors (Lipinski definition) is 1. The number of aromatic nitrogens is 3. The zero-order chi connectivity index (χ0) is 10.7. The Kier molecular flexibility index (Phi) is 2.45. The first-order valence-electron chi connectivity index (χ1n) is 4.49. The van der Waals surface area contributed by atoms with Crippen LogP contribution >= 0.6 is 0 Å². The Morgan fingerprint density at radius 2 is 2.07 bits per heavy atom. The van der Waals surface area contributed by atoms with Gasteiger partial charge < -0.3 is 5.73 Å². The van der Waals surface area contributed by atoms with Crippen molar-refractivity contribution in [1.82, 2.24) is 14.8 Å². The van der Waals surface area contributed by atoms with Crippen molar-refractivity contribution in [2.45, 2.75) is 6.54 Å². The quantitative estimate of drug-likeness (QED) is 0.784. The Hall–Kier alpha value is -2.17. The second kappa shape index (κ2) is 3.91. The molecular formula is C10H10N4O. The van der Waals surface area contributed by atoms with Gasteiger partial charge in [0.1, 0.15) is 12.9 Å². The molecule has 0 atom stereocenters. The van der Waals surface area contributed by atoms with Crippen molar-refractivity contribution in [1.29, 1.82) is 0 Å². The van der Waals surface area contributed by atoms with Gasteiger partial charge in [-0.25, -0.2) is 9.67 Å². The van der Waals surface area contributed by atoms with E-state index in [1.807, 2.05) is 30.3 Å². The topological polar surface area (TPSA) is 73.8 Å². The van der Waals surface area contributed by atoms with Crippen LogP contribution in [-0.2, 0) is 11.3 Å². The van der Waals surface area contributed by atoms with Crippen LogP contribution in [0.5, 0.6) is 0 Å². The zero-order valence-corrected chi connectivity index (χ0v) is 8.00. The van der Waals surface area contributed by atoms with Crippen molar-refractivity contribution < 1.29 is 4.79 Å². The van der Waals surface area contributed by atoms with Crippen LogP contribution in [0.1, 0.15) is 0 Å². The average molecular weight is 202 g/mol. The van der Waals surface area contributed by atoms with Gasteiger partial charge in [0.2, 0.25) is 5.91 Å². The van der Waals surface area contributed by atoms with Gasteiger partial charge >= 0.3 is 0 Å². The van der Waals surface area contributed by atoms with Crippen LogP contribution in [-0.4, -0.2) is 20.7 Å². The molecule has 1 aromatic heterocycles. The molecule has 5 nitrogen and oxygen atoms in total. The Bertz CT molecular complexity index is 463. The minimum atomic E-state index is -0.431. The number of hydrogen-bond acceptors (Lipinski definition) is 3. The van der Waals surface area contributed by atoms with Crippen LogP contribution in [0, 0.1) is 0 Å². The van der Waals surface area contributed by atoms with Gasteiger partial charge in [0.15, 0.2) is 5.82 Å². The number of nitrogens with two attached hydrogens (primary N) is 1. The van der Waals surface area contributed by atoms with Gasteiger partial charge in [-0.1, -0.05) is 30.3 Å². The van der Waals surface area contributed by atoms with Crippen molar-refractivity contribution in [3.8, 4) is 11.4 Å². The summed E-state index contributed by atoms with van der Waals surface area (Å²) in [4.78, 5) is 14.7. The third-order valence-corrected chi connectivity index (χ3v) is 1.89. The van der Waals surface area contributed by atoms with Crippen molar-refractivity contribution in [2.24, 2.45) is 5.73 Å². The van der Waals surface area contributed by atoms with E-state index in [-0.39, 0.29) is 6.54 Å². The summed E-state index contributed by atoms with van der Waals surface area (Å²) in [5.41, 5.74) is 5.96. The highest BCUT2D eigenvalue weighted by atomic mass is 16.1. The van der Waals surface area contributed by atoms with E-state index in [1.54, 1.807) is 0 Å². The predicted molar refractivity (Wildman–Crippen MR) is 54.7 cm³/mol. The largest absolute Gasteiger partial charge is 0.368 e. The van der Waals surface area contributed by atoms with E-state index >= 15 is 0 Å². The van der Waals surface area contributed by atoms with E-state index in [9.17, 15) is 4.79 Å². The van der Waals surface area contributed by atoms with Crippen molar-refractivity contribution in [3.05, 3.63) is 36.7 Å². The van der Waals surface area contributed by atoms with Crippen LogP contribution in [0.4, 0.5) is 0 Å². The Morgan fingerprint density at radius 3 is 2.73 bits per heavy atom. The molecule has 0 saturated carbocycles. The number of rotatable bonds is 3. The predicted octanol–water partition coefficient (Wildman–Crippen LogP) is 0.430. The van der Waals surface area contributed by atoms with Gasteiger partial charge in [-0.05, 0) is 0 Å². The smallest absolute Gasteiger partial charge is 0.239 e. The van der Waals surface area contributed by atoms with Crippen molar-refractivity contribution >= 4 is 5.91 Å². The van der Waals surface area contributed by atoms with Crippen molar-refractivity contribution in [3.63, 3.8) is 0 Å². The van der Waals surface area contributed by atoms with Gasteiger partial charge in [0.05, 0.1) is 0 Å². The maximum Gasteiger partial charge on any atom is 0.239 e. The highest BCUT2D eigenvalue weighted by molar-refractivity contribution is 5.73. The summed E-state index contributed by atoms with van der Waals surface area (Å²) in [7, 11) is 0. The fourth-order valence-electron chi connectivity index (χ4n) is 1.25. The fourth-order valence-corrected chi connectivity index (χ4v) is 1.25. The molecule has 0 spiro atoms. The van der Waals surface area contributed by atoms with E-state index in [4.69, 9.17) is 5.73 Å². The maximum atomic E-state index is 10.6. The lowest BCUT2D eigenvalue weighted by molar-refractivity contribution is -0.118. The third-order valence-electron chi connectivity index (χ3n) is 1.89. The van der Waals surface area contributed by atoms with E-state index < -0.39 is 5.91 Å². The number of carbonyl (C=O) groups is 1. The second-order valence-corrected chi connectivity index (χ2v) is 3.10. The molecule has 1 heterocycles. The molecule has 76 valence electrons. The Labute approximate surface area is 86.5 Å². The molecular weight excluding hydrogens is 192 g/mol. The third kappa shape index (κ3) is 2.19. The monoisotopic (exact) mass is 202 g/mol. The second-order valence-electron chi connectivity index (χ2n) is 3.10. The molecule has 1 amide bonds. The summed E-state index contributed by atoms with van der Waals surface area (Å²) < 4.78 is 1.42. The summed E-state index contributed by atoms with van der Waals surface area (Å²) in [6.07, 6.45) is 1.49. The molecule has 1 aromatic carbocycles. The number of primary amides is 1. The first-order valence-corrected chi connectivity index (χ1v) is 4.49. The summed E-state index contributed by atoms with van der Waals surface area (Å²) in [6.45, 7) is 0.0554. The van der Waals surface area contributed by atoms with Gasteiger partial charge in [-0.2, -0.15) is 5.10 Å². The van der Waals surface area contributed by atoms with E-state index in [1.165, 1.54) is 11.0 Å². The summed E-state index contributed by atoms with van der Waals surface area (Å²) >= 11 is 0. The van der Waals surface area contributed by atoms with Gasteiger partial charge in [-0.3, -0.25) is 4.79 Å². The SMILES string of the molecule is NC(=O)Cn1cnc(-c2ccccc2)n1. The molecule has 0 aliphatic heterocycles. The van der Waals surface area contributed by atoms with Crippen LogP contribution in [0.3, 0.4) is 0 Å². The average Bonchev–Trinajstić information content (AvgIpc) is 2.67. The number of amides is 1. The highest BCUT2D eigenvalue weighted by Crippen LogP contribution is 2.12. The van der Waals surface area contributed by atoms with Crippen LogP contribution < -0.4 is 5.73 Å². The summed E-state index contributed by atoms with van der Waals surface area (Å²) in [5.74, 6) is 0.163. The van der Waals surface area contributed by atoms with Crippen molar-refractivity contribution in [2.75, 3.05) is 0 Å². The zero-order valence-electron chi connectivity index (χ0n) is 8.00. The first kappa shape index (κ1) is 9.39. The minimum absolute atomic E-state index is 0.0554. The molecule has 15 heavy (non-hydrogen) atoms. The van der Waals surface area contributed by atoms with E-state index in [0.717, 1.165) is 5.56 Å². The van der Waals surface area contributed by atoms with Crippen LogP contribution in [0.15, 0.2) is 36.7 Å². The summed E-state index contributed by atoms with van der Waals surface area (Å²) in [5, 5.41) is 4.13. The van der Waals surface area contributed by atoms with Gasteiger partial charge in [0, 0.05) is 5.56 Å². The number of carbonyl (C=O) groups excluding carboxylic acids is 1. The van der Waals surface area contributed by atoms with E-state index in [2.05, 4.69) is 10.1 Å². The minimum Gasteiger partial charge on any atom is -0.368 e. The lowest BCUT2D eigenvalue weighted by Gasteiger charge is -1.94.